The van der Waals surface area contributed by atoms with E-state index in [1.165, 1.54) is 11.1 Å². The van der Waals surface area contributed by atoms with Crippen LogP contribution in [0.15, 0.2) is 60.8 Å². The van der Waals surface area contributed by atoms with Gasteiger partial charge in [-0.1, -0.05) is 49.4 Å². The zero-order valence-corrected chi connectivity index (χ0v) is 16.4. The van der Waals surface area contributed by atoms with Crippen molar-refractivity contribution < 1.29 is 0 Å². The standard InChI is InChI=1S/C23H27N5/c1-2-18-8-10-21(11-9-18)25-22-17-24-27-23(26-22)28-14-12-20(13-15-28)16-19-6-4-3-5-7-19/h3-11,17,20H,2,12-16H2,1H3,(H,25,26,27). The maximum atomic E-state index is 4.68. The van der Waals surface area contributed by atoms with E-state index in [2.05, 4.69) is 86.9 Å². The summed E-state index contributed by atoms with van der Waals surface area (Å²) in [5, 5.41) is 11.8. The lowest BCUT2D eigenvalue weighted by atomic mass is 9.90. The molecule has 0 atom stereocenters. The van der Waals surface area contributed by atoms with Gasteiger partial charge in [0.15, 0.2) is 5.82 Å². The van der Waals surface area contributed by atoms with E-state index in [0.717, 1.165) is 56.2 Å². The predicted molar refractivity (Wildman–Crippen MR) is 114 cm³/mol. The molecule has 2 aromatic carbocycles. The van der Waals surface area contributed by atoms with Crippen LogP contribution < -0.4 is 10.2 Å². The fraction of sp³-hybridized carbons (Fsp3) is 0.348. The van der Waals surface area contributed by atoms with Gasteiger partial charge in [-0.15, -0.1) is 5.10 Å². The molecule has 1 aliphatic heterocycles. The molecule has 0 radical (unpaired) electrons. The van der Waals surface area contributed by atoms with E-state index in [9.17, 15) is 0 Å². The van der Waals surface area contributed by atoms with Crippen LogP contribution in [0.25, 0.3) is 0 Å². The smallest absolute Gasteiger partial charge is 0.247 e. The predicted octanol–water partition coefficient (Wildman–Crippen LogP) is 4.64. The van der Waals surface area contributed by atoms with Crippen LogP contribution in [0.4, 0.5) is 17.5 Å². The van der Waals surface area contributed by atoms with E-state index >= 15 is 0 Å². The van der Waals surface area contributed by atoms with Gasteiger partial charge in [0.1, 0.15) is 0 Å². The van der Waals surface area contributed by atoms with Crippen LogP contribution in [0.5, 0.6) is 0 Å². The molecule has 0 saturated carbocycles. The topological polar surface area (TPSA) is 53.9 Å². The minimum absolute atomic E-state index is 0.716. The van der Waals surface area contributed by atoms with Gasteiger partial charge >= 0.3 is 0 Å². The molecule has 1 aromatic heterocycles. The number of anilines is 3. The number of rotatable bonds is 6. The minimum atomic E-state index is 0.716. The van der Waals surface area contributed by atoms with Crippen molar-refractivity contribution in [2.45, 2.75) is 32.6 Å². The molecule has 4 rings (SSSR count). The quantitative estimate of drug-likeness (QED) is 0.682. The summed E-state index contributed by atoms with van der Waals surface area (Å²) in [6.07, 6.45) is 6.20. The molecule has 5 nitrogen and oxygen atoms in total. The van der Waals surface area contributed by atoms with Crippen molar-refractivity contribution in [3.8, 4) is 0 Å². The van der Waals surface area contributed by atoms with Gasteiger partial charge in [0.25, 0.3) is 0 Å². The summed E-state index contributed by atoms with van der Waals surface area (Å²) in [6.45, 7) is 4.12. The number of piperidine rings is 1. The van der Waals surface area contributed by atoms with E-state index in [1.54, 1.807) is 6.20 Å². The Bertz CT molecular complexity index is 871. The third-order valence-corrected chi connectivity index (χ3v) is 5.45. The van der Waals surface area contributed by atoms with Crippen LogP contribution in [-0.4, -0.2) is 28.3 Å². The van der Waals surface area contributed by atoms with E-state index in [-0.39, 0.29) is 0 Å². The molecule has 28 heavy (non-hydrogen) atoms. The Morgan fingerprint density at radius 3 is 2.43 bits per heavy atom. The van der Waals surface area contributed by atoms with Crippen LogP contribution in [-0.2, 0) is 12.8 Å². The van der Waals surface area contributed by atoms with Crippen molar-refractivity contribution in [1.29, 1.82) is 0 Å². The molecule has 1 aliphatic rings. The first kappa shape index (κ1) is 18.4. The largest absolute Gasteiger partial charge is 0.339 e. The molecule has 144 valence electrons. The Balaban J connectivity index is 1.35. The molecule has 0 spiro atoms. The van der Waals surface area contributed by atoms with Crippen molar-refractivity contribution in [3.05, 3.63) is 71.9 Å². The second-order valence-electron chi connectivity index (χ2n) is 7.44. The molecular weight excluding hydrogens is 346 g/mol. The van der Waals surface area contributed by atoms with Crippen molar-refractivity contribution in [1.82, 2.24) is 15.2 Å². The molecular formula is C23H27N5. The van der Waals surface area contributed by atoms with Gasteiger partial charge in [-0.05, 0) is 54.9 Å². The zero-order valence-electron chi connectivity index (χ0n) is 16.4. The molecule has 3 aromatic rings. The minimum Gasteiger partial charge on any atom is -0.339 e. The first-order chi connectivity index (χ1) is 13.8. The van der Waals surface area contributed by atoms with E-state index in [0.29, 0.717) is 5.95 Å². The van der Waals surface area contributed by atoms with Crippen LogP contribution >= 0.6 is 0 Å². The maximum Gasteiger partial charge on any atom is 0.247 e. The van der Waals surface area contributed by atoms with Gasteiger partial charge in [-0.3, -0.25) is 0 Å². The second kappa shape index (κ2) is 8.83. The summed E-state index contributed by atoms with van der Waals surface area (Å²) >= 11 is 0. The summed E-state index contributed by atoms with van der Waals surface area (Å²) in [6, 6.07) is 19.2. The van der Waals surface area contributed by atoms with Gasteiger partial charge in [0.2, 0.25) is 5.95 Å². The van der Waals surface area contributed by atoms with Crippen LogP contribution in [0, 0.1) is 5.92 Å². The zero-order chi connectivity index (χ0) is 19.2. The van der Waals surface area contributed by atoms with Gasteiger partial charge < -0.3 is 10.2 Å². The number of nitrogens with one attached hydrogen (secondary N) is 1. The summed E-state index contributed by atoms with van der Waals surface area (Å²) in [4.78, 5) is 6.93. The SMILES string of the molecule is CCc1ccc(Nc2cnnc(N3CCC(Cc4ccccc4)CC3)n2)cc1. The lowest BCUT2D eigenvalue weighted by Gasteiger charge is -2.31. The molecule has 5 heteroatoms. The number of aryl methyl sites for hydroxylation is 1. The van der Waals surface area contributed by atoms with Crippen molar-refractivity contribution in [2.75, 3.05) is 23.3 Å². The first-order valence-electron chi connectivity index (χ1n) is 10.1. The van der Waals surface area contributed by atoms with E-state index < -0.39 is 0 Å². The van der Waals surface area contributed by atoms with Crippen molar-refractivity contribution in [3.63, 3.8) is 0 Å². The summed E-state index contributed by atoms with van der Waals surface area (Å²) in [5.74, 6) is 2.18. The molecule has 0 aliphatic carbocycles. The molecule has 0 bridgehead atoms. The van der Waals surface area contributed by atoms with Crippen molar-refractivity contribution >= 4 is 17.5 Å². The Labute approximate surface area is 166 Å². The van der Waals surface area contributed by atoms with E-state index in [4.69, 9.17) is 0 Å². The van der Waals surface area contributed by atoms with E-state index in [1.807, 2.05) is 0 Å². The van der Waals surface area contributed by atoms with Crippen molar-refractivity contribution in [2.24, 2.45) is 5.92 Å². The van der Waals surface area contributed by atoms with Gasteiger partial charge in [0, 0.05) is 18.8 Å². The third-order valence-electron chi connectivity index (χ3n) is 5.45. The van der Waals surface area contributed by atoms with Crippen LogP contribution in [0.2, 0.25) is 0 Å². The first-order valence-corrected chi connectivity index (χ1v) is 10.1. The second-order valence-corrected chi connectivity index (χ2v) is 7.44. The van der Waals surface area contributed by atoms with Crippen LogP contribution in [0.1, 0.15) is 30.9 Å². The monoisotopic (exact) mass is 373 g/mol. The molecule has 1 saturated heterocycles. The Morgan fingerprint density at radius 2 is 1.71 bits per heavy atom. The number of nitrogens with zero attached hydrogens (tertiary/aromatic N) is 4. The Kier molecular flexibility index (Phi) is 5.80. The molecule has 0 amide bonds. The highest BCUT2D eigenvalue weighted by atomic mass is 15.3. The normalized spacial score (nSPS) is 14.8. The molecule has 1 fully saturated rings. The van der Waals surface area contributed by atoms with Crippen LogP contribution in [0.3, 0.4) is 0 Å². The maximum absolute atomic E-state index is 4.68. The Morgan fingerprint density at radius 1 is 0.964 bits per heavy atom. The number of benzene rings is 2. The lowest BCUT2D eigenvalue weighted by Crippen LogP contribution is -2.35. The lowest BCUT2D eigenvalue weighted by molar-refractivity contribution is 0.400. The van der Waals surface area contributed by atoms with Gasteiger partial charge in [-0.25, -0.2) is 0 Å². The third kappa shape index (κ3) is 4.66. The highest BCUT2D eigenvalue weighted by molar-refractivity contribution is 5.56. The number of hydrogen-bond donors (Lipinski definition) is 1. The Hall–Kier alpha value is -2.95. The number of hydrogen-bond acceptors (Lipinski definition) is 5. The highest BCUT2D eigenvalue weighted by Gasteiger charge is 2.21. The fourth-order valence-corrected chi connectivity index (χ4v) is 3.74. The average Bonchev–Trinajstić information content (AvgIpc) is 2.76. The highest BCUT2D eigenvalue weighted by Crippen LogP contribution is 2.24. The molecule has 2 heterocycles. The van der Waals surface area contributed by atoms with Gasteiger partial charge in [-0.2, -0.15) is 10.1 Å². The summed E-state index contributed by atoms with van der Waals surface area (Å²) in [5.41, 5.74) is 3.77. The molecule has 1 N–H and O–H groups in total. The molecule has 0 unspecified atom stereocenters. The van der Waals surface area contributed by atoms with Gasteiger partial charge in [0.05, 0.1) is 6.20 Å². The fourth-order valence-electron chi connectivity index (χ4n) is 3.74. The number of aromatic nitrogens is 3. The average molecular weight is 374 g/mol. The summed E-state index contributed by atoms with van der Waals surface area (Å²) < 4.78 is 0. The summed E-state index contributed by atoms with van der Waals surface area (Å²) in [7, 11) is 0.